The predicted molar refractivity (Wildman–Crippen MR) is 149 cm³/mol. The van der Waals surface area contributed by atoms with Crippen LogP contribution in [0.25, 0.3) is 0 Å². The van der Waals surface area contributed by atoms with E-state index in [-0.39, 0.29) is 45.6 Å². The lowest BCUT2D eigenvalue weighted by atomic mass is 9.81. The van der Waals surface area contributed by atoms with Gasteiger partial charge in [0, 0.05) is 49.4 Å². The maximum Gasteiger partial charge on any atom is 0.271 e. The van der Waals surface area contributed by atoms with Gasteiger partial charge in [-0.3, -0.25) is 14.5 Å². The van der Waals surface area contributed by atoms with Gasteiger partial charge in [0.25, 0.3) is 15.9 Å². The molecule has 2 amide bonds. The lowest BCUT2D eigenvalue weighted by Crippen LogP contribution is -2.59. The van der Waals surface area contributed by atoms with Crippen LogP contribution in [0.15, 0.2) is 65.7 Å². The molecule has 13 heteroatoms. The average Bonchev–Trinajstić information content (AvgIpc) is 3.47. The van der Waals surface area contributed by atoms with E-state index in [0.29, 0.717) is 10.1 Å². The molecule has 3 atom stereocenters. The highest BCUT2D eigenvalue weighted by molar-refractivity contribution is 7.93. The van der Waals surface area contributed by atoms with Crippen LogP contribution in [0.4, 0.5) is 10.1 Å². The number of carbonyl (C=O) groups excluding carboxylic acids is 2. The molecule has 1 fully saturated rings. The van der Waals surface area contributed by atoms with Gasteiger partial charge in [0.15, 0.2) is 5.54 Å². The van der Waals surface area contributed by atoms with E-state index >= 15 is 4.39 Å². The summed E-state index contributed by atoms with van der Waals surface area (Å²) in [7, 11) is 1.34. The summed E-state index contributed by atoms with van der Waals surface area (Å²) >= 11 is 6.45. The summed E-state index contributed by atoms with van der Waals surface area (Å²) in [5, 5.41) is 0.207. The number of alkyl halides is 1. The van der Waals surface area contributed by atoms with Gasteiger partial charge >= 0.3 is 0 Å². The van der Waals surface area contributed by atoms with E-state index in [4.69, 9.17) is 21.1 Å². The Morgan fingerprint density at radius 3 is 2.44 bits per heavy atom. The lowest BCUT2D eigenvalue weighted by Gasteiger charge is -2.41. The molecule has 2 aliphatic heterocycles. The third-order valence-corrected chi connectivity index (χ3v) is 9.37. The Morgan fingerprint density at radius 2 is 1.80 bits per heavy atom. The number of methoxy groups -OCH3 is 2. The van der Waals surface area contributed by atoms with Crippen LogP contribution in [0.5, 0.6) is 11.6 Å². The van der Waals surface area contributed by atoms with Crippen LogP contribution in [-0.4, -0.2) is 82.1 Å². The highest BCUT2D eigenvalue weighted by Crippen LogP contribution is 2.54. The van der Waals surface area contributed by atoms with Crippen LogP contribution in [0.2, 0.25) is 5.02 Å². The molecule has 1 aromatic heterocycles. The van der Waals surface area contributed by atoms with Crippen LogP contribution < -0.4 is 13.8 Å². The van der Waals surface area contributed by atoms with Gasteiger partial charge < -0.3 is 14.4 Å². The van der Waals surface area contributed by atoms with Crippen LogP contribution in [-0.2, 0) is 25.2 Å². The number of ether oxygens (including phenoxy) is 2. The molecular weight excluding hydrogens is 575 g/mol. The van der Waals surface area contributed by atoms with E-state index in [1.807, 2.05) is 0 Å². The van der Waals surface area contributed by atoms with E-state index in [9.17, 15) is 18.0 Å². The van der Waals surface area contributed by atoms with Crippen LogP contribution >= 0.6 is 11.6 Å². The zero-order chi connectivity index (χ0) is 29.7. The largest absolute Gasteiger partial charge is 0.497 e. The van der Waals surface area contributed by atoms with E-state index in [2.05, 4.69) is 4.98 Å². The van der Waals surface area contributed by atoms with Crippen molar-refractivity contribution in [1.82, 2.24) is 14.8 Å². The summed E-state index contributed by atoms with van der Waals surface area (Å²) in [4.78, 5) is 35.2. The van der Waals surface area contributed by atoms with Crippen LogP contribution in [0.1, 0.15) is 17.5 Å². The molecule has 3 aromatic rings. The van der Waals surface area contributed by atoms with Crippen molar-refractivity contribution < 1.29 is 31.9 Å². The van der Waals surface area contributed by atoms with Crippen molar-refractivity contribution in [2.24, 2.45) is 0 Å². The molecule has 0 aliphatic carbocycles. The normalized spacial score (nSPS) is 22.5. The second-order valence-corrected chi connectivity index (χ2v) is 12.1. The summed E-state index contributed by atoms with van der Waals surface area (Å²) in [5.41, 5.74) is -1.71. The Kier molecular flexibility index (Phi) is 7.43. The summed E-state index contributed by atoms with van der Waals surface area (Å²) in [6.45, 7) is -0.337. The minimum Gasteiger partial charge on any atom is -0.497 e. The van der Waals surface area contributed by atoms with Gasteiger partial charge in [-0.25, -0.2) is 22.1 Å². The molecule has 1 saturated heterocycles. The molecule has 0 bridgehead atoms. The standard InChI is InChI=1S/C28H28ClFN4O6S/c1-32(2)26(35)24-15-18(30)16-33(24)28(21-6-5-13-31-25(21)40-4)22-14-17(29)7-12-23(22)34(27(28)36)41(37,38)20-10-8-19(39-3)9-11-20/h5-14,18,24H,15-16H2,1-4H3/t18-,24+,28?/m1/s1. The molecule has 2 aromatic carbocycles. The fraction of sp³-hybridized carbons (Fsp3) is 0.321. The molecule has 216 valence electrons. The van der Waals surface area contributed by atoms with Gasteiger partial charge in [-0.2, -0.15) is 0 Å². The van der Waals surface area contributed by atoms with Gasteiger partial charge in [-0.1, -0.05) is 11.6 Å². The highest BCUT2D eigenvalue weighted by Gasteiger charge is 2.64. The maximum absolute atomic E-state index is 15.3. The first-order valence-corrected chi connectivity index (χ1v) is 14.5. The Morgan fingerprint density at radius 1 is 1.10 bits per heavy atom. The monoisotopic (exact) mass is 602 g/mol. The number of hydrogen-bond acceptors (Lipinski definition) is 8. The third kappa shape index (κ3) is 4.41. The molecule has 1 unspecified atom stereocenters. The van der Waals surface area contributed by atoms with Crippen LogP contribution in [0, 0.1) is 0 Å². The summed E-state index contributed by atoms with van der Waals surface area (Å²) < 4.78 is 55.0. The quantitative estimate of drug-likeness (QED) is 0.406. The predicted octanol–water partition coefficient (Wildman–Crippen LogP) is 3.23. The molecule has 0 N–H and O–H groups in total. The second-order valence-electron chi connectivity index (χ2n) is 9.92. The van der Waals surface area contributed by atoms with E-state index in [0.717, 1.165) is 0 Å². The molecule has 10 nitrogen and oxygen atoms in total. The Labute approximate surface area is 242 Å². The Bertz CT molecular complexity index is 1620. The first-order chi connectivity index (χ1) is 19.5. The second kappa shape index (κ2) is 10.6. The van der Waals surface area contributed by atoms with Gasteiger partial charge in [0.05, 0.1) is 30.8 Å². The molecule has 3 heterocycles. The number of rotatable bonds is 7. The Hall–Kier alpha value is -3.74. The number of anilines is 1. The number of benzene rings is 2. The number of fused-ring (bicyclic) bond motifs is 1. The number of halogens is 2. The minimum absolute atomic E-state index is 0.00818. The van der Waals surface area contributed by atoms with E-state index in [1.54, 1.807) is 12.1 Å². The first kappa shape index (κ1) is 28.8. The fourth-order valence-corrected chi connectivity index (χ4v) is 7.28. The van der Waals surface area contributed by atoms with Gasteiger partial charge in [-0.05, 0) is 54.6 Å². The molecule has 0 radical (unpaired) electrons. The van der Waals surface area contributed by atoms with Crippen molar-refractivity contribution in [3.63, 3.8) is 0 Å². The highest BCUT2D eigenvalue weighted by atomic mass is 35.5. The van der Waals surface area contributed by atoms with Crippen molar-refractivity contribution in [3.8, 4) is 11.6 Å². The van der Waals surface area contributed by atoms with Gasteiger partial charge in [-0.15, -0.1) is 0 Å². The molecule has 5 rings (SSSR count). The first-order valence-electron chi connectivity index (χ1n) is 12.6. The van der Waals surface area contributed by atoms with E-state index in [1.165, 1.54) is 86.8 Å². The van der Waals surface area contributed by atoms with Crippen molar-refractivity contribution in [2.75, 3.05) is 39.2 Å². The minimum atomic E-state index is -4.53. The maximum atomic E-state index is 15.3. The SMILES string of the molecule is COc1ccc(S(=O)(=O)N2C(=O)C(c3cccnc3OC)(N3C[C@H](F)C[C@H]3C(=O)N(C)C)c3cc(Cl)ccc32)cc1. The topological polar surface area (TPSA) is 109 Å². The third-order valence-electron chi connectivity index (χ3n) is 7.42. The number of amides is 2. The molecule has 0 saturated carbocycles. The van der Waals surface area contributed by atoms with Crippen molar-refractivity contribution in [2.45, 2.75) is 29.1 Å². The molecule has 2 aliphatic rings. The molecular formula is C28H28ClFN4O6S. The molecule has 0 spiro atoms. The van der Waals surface area contributed by atoms with Crippen molar-refractivity contribution in [3.05, 3.63) is 76.9 Å². The zero-order valence-corrected chi connectivity index (χ0v) is 24.3. The van der Waals surface area contributed by atoms with Crippen molar-refractivity contribution in [1.29, 1.82) is 0 Å². The number of likely N-dealkylation sites (tertiary alicyclic amines) is 1. The molecule has 41 heavy (non-hydrogen) atoms. The van der Waals surface area contributed by atoms with Gasteiger partial charge in [0.1, 0.15) is 11.9 Å². The number of carbonyl (C=O) groups is 2. The summed E-state index contributed by atoms with van der Waals surface area (Å²) in [6.07, 6.45) is -0.230. The average molecular weight is 603 g/mol. The van der Waals surface area contributed by atoms with Crippen molar-refractivity contribution >= 4 is 39.1 Å². The number of sulfonamides is 1. The van der Waals surface area contributed by atoms with Gasteiger partial charge in [0.2, 0.25) is 11.8 Å². The Balaban J connectivity index is 1.84. The smallest absolute Gasteiger partial charge is 0.271 e. The number of hydrogen-bond donors (Lipinski definition) is 0. The zero-order valence-electron chi connectivity index (χ0n) is 22.7. The lowest BCUT2D eigenvalue weighted by molar-refractivity contribution is -0.138. The van der Waals surface area contributed by atoms with E-state index < -0.39 is 39.6 Å². The number of likely N-dealkylation sites (N-methyl/N-ethyl adjacent to an activating group) is 1. The summed E-state index contributed by atoms with van der Waals surface area (Å²) in [5.74, 6) is -0.953. The fourth-order valence-electron chi connectivity index (χ4n) is 5.65. The summed E-state index contributed by atoms with van der Waals surface area (Å²) in [6, 6.07) is 11.9. The number of nitrogens with zero attached hydrogens (tertiary/aromatic N) is 4. The number of pyridine rings is 1. The number of aromatic nitrogens is 1. The van der Waals surface area contributed by atoms with Crippen LogP contribution in [0.3, 0.4) is 0 Å².